The Morgan fingerprint density at radius 3 is 2.48 bits per heavy atom. The number of benzene rings is 1. The third-order valence-corrected chi connectivity index (χ3v) is 6.10. The SMILES string of the molecule is CC(C)CN1C(=O)/C(=C/c2ccc(-c3ccc(S(N)(=O)=O)cc3)o2)SC1=S. The summed E-state index contributed by atoms with van der Waals surface area (Å²) >= 11 is 6.55. The fourth-order valence-corrected chi connectivity index (χ4v) is 4.32. The minimum absolute atomic E-state index is 0.0341. The molecule has 2 aromatic rings. The second-order valence-electron chi connectivity index (χ2n) is 6.46. The number of thioether (sulfide) groups is 1. The van der Waals surface area contributed by atoms with E-state index in [-0.39, 0.29) is 10.8 Å². The van der Waals surface area contributed by atoms with Crippen LogP contribution in [-0.4, -0.2) is 30.1 Å². The molecule has 1 aromatic carbocycles. The van der Waals surface area contributed by atoms with Crippen LogP contribution in [0, 0.1) is 5.92 Å². The first-order valence-electron chi connectivity index (χ1n) is 8.13. The fourth-order valence-electron chi connectivity index (χ4n) is 2.55. The van der Waals surface area contributed by atoms with Gasteiger partial charge in [-0.2, -0.15) is 0 Å². The number of thiocarbonyl (C=S) groups is 1. The molecular weight excluding hydrogens is 404 g/mol. The molecule has 27 heavy (non-hydrogen) atoms. The highest BCUT2D eigenvalue weighted by atomic mass is 32.2. The molecule has 2 N–H and O–H groups in total. The van der Waals surface area contributed by atoms with Crippen molar-refractivity contribution in [2.75, 3.05) is 6.54 Å². The molecule has 0 saturated carbocycles. The van der Waals surface area contributed by atoms with Gasteiger partial charge < -0.3 is 4.42 Å². The first-order valence-corrected chi connectivity index (χ1v) is 10.9. The maximum atomic E-state index is 12.5. The average molecular weight is 423 g/mol. The summed E-state index contributed by atoms with van der Waals surface area (Å²) in [7, 11) is -3.73. The van der Waals surface area contributed by atoms with Crippen molar-refractivity contribution >= 4 is 50.3 Å². The molecule has 0 unspecified atom stereocenters. The first-order chi connectivity index (χ1) is 12.6. The summed E-state index contributed by atoms with van der Waals surface area (Å²) in [4.78, 5) is 14.7. The molecule has 1 aliphatic heterocycles. The van der Waals surface area contributed by atoms with E-state index in [1.54, 1.807) is 35.2 Å². The number of hydrogen-bond acceptors (Lipinski definition) is 6. The highest BCUT2D eigenvalue weighted by Gasteiger charge is 2.32. The summed E-state index contributed by atoms with van der Waals surface area (Å²) in [6.07, 6.45) is 1.67. The van der Waals surface area contributed by atoms with E-state index < -0.39 is 10.0 Å². The normalized spacial score (nSPS) is 16.7. The summed E-state index contributed by atoms with van der Waals surface area (Å²) in [5, 5.41) is 5.10. The van der Waals surface area contributed by atoms with Gasteiger partial charge in [0.1, 0.15) is 15.8 Å². The number of hydrogen-bond donors (Lipinski definition) is 1. The van der Waals surface area contributed by atoms with Crippen molar-refractivity contribution in [1.29, 1.82) is 0 Å². The van der Waals surface area contributed by atoms with Gasteiger partial charge in [-0.05, 0) is 42.3 Å². The fraction of sp³-hybridized carbons (Fsp3) is 0.222. The number of rotatable bonds is 5. The number of nitrogens with zero attached hydrogens (tertiary/aromatic N) is 1. The monoisotopic (exact) mass is 422 g/mol. The van der Waals surface area contributed by atoms with Gasteiger partial charge in [0.15, 0.2) is 0 Å². The lowest BCUT2D eigenvalue weighted by Gasteiger charge is -2.16. The zero-order valence-corrected chi connectivity index (χ0v) is 17.2. The van der Waals surface area contributed by atoms with Crippen molar-refractivity contribution in [3.05, 3.63) is 47.1 Å². The molecule has 0 spiro atoms. The minimum atomic E-state index is -3.73. The average Bonchev–Trinajstić information content (AvgIpc) is 3.15. The Balaban J connectivity index is 1.81. The van der Waals surface area contributed by atoms with Crippen LogP contribution in [0.2, 0.25) is 0 Å². The van der Waals surface area contributed by atoms with Crippen molar-refractivity contribution in [1.82, 2.24) is 4.90 Å². The molecule has 0 aliphatic carbocycles. The number of amides is 1. The van der Waals surface area contributed by atoms with Crippen molar-refractivity contribution in [3.8, 4) is 11.3 Å². The number of primary sulfonamides is 1. The van der Waals surface area contributed by atoms with Gasteiger partial charge in [0, 0.05) is 18.2 Å². The van der Waals surface area contributed by atoms with Crippen LogP contribution in [0.3, 0.4) is 0 Å². The molecule has 3 rings (SSSR count). The van der Waals surface area contributed by atoms with Crippen LogP contribution >= 0.6 is 24.0 Å². The van der Waals surface area contributed by atoms with E-state index in [2.05, 4.69) is 0 Å². The lowest BCUT2D eigenvalue weighted by molar-refractivity contribution is -0.122. The molecule has 1 aromatic heterocycles. The molecule has 1 fully saturated rings. The summed E-state index contributed by atoms with van der Waals surface area (Å²) < 4.78 is 29.0. The highest BCUT2D eigenvalue weighted by molar-refractivity contribution is 8.26. The van der Waals surface area contributed by atoms with Gasteiger partial charge in [0.25, 0.3) is 5.91 Å². The van der Waals surface area contributed by atoms with Crippen LogP contribution in [-0.2, 0) is 14.8 Å². The Kier molecular flexibility index (Phi) is 5.57. The van der Waals surface area contributed by atoms with Crippen LogP contribution in [0.5, 0.6) is 0 Å². The Labute approximate surface area is 167 Å². The molecule has 2 heterocycles. The van der Waals surface area contributed by atoms with Gasteiger partial charge in [-0.1, -0.05) is 37.8 Å². The maximum Gasteiger partial charge on any atom is 0.266 e. The Bertz CT molecular complexity index is 1020. The summed E-state index contributed by atoms with van der Waals surface area (Å²) in [5.74, 6) is 1.28. The number of furan rings is 1. The molecule has 1 saturated heterocycles. The van der Waals surface area contributed by atoms with Gasteiger partial charge in [-0.15, -0.1) is 0 Å². The lowest BCUT2D eigenvalue weighted by atomic mass is 10.2. The van der Waals surface area contributed by atoms with E-state index in [1.165, 1.54) is 23.9 Å². The predicted octanol–water partition coefficient (Wildman–Crippen LogP) is 3.45. The van der Waals surface area contributed by atoms with Crippen LogP contribution in [0.15, 0.2) is 50.6 Å². The molecule has 0 atom stereocenters. The van der Waals surface area contributed by atoms with Gasteiger partial charge in [0.2, 0.25) is 10.0 Å². The molecule has 1 amide bonds. The standard InChI is InChI=1S/C18H18N2O4S3/c1-11(2)10-20-17(21)16(26-18(20)25)9-13-5-8-15(24-13)12-3-6-14(7-4-12)27(19,22)23/h3-9,11H,10H2,1-2H3,(H2,19,22,23)/b16-9-. The summed E-state index contributed by atoms with van der Waals surface area (Å²) in [5.41, 5.74) is 0.703. The quantitative estimate of drug-likeness (QED) is 0.586. The second kappa shape index (κ2) is 7.59. The van der Waals surface area contributed by atoms with E-state index in [1.807, 2.05) is 13.8 Å². The third kappa shape index (κ3) is 4.49. The molecular formula is C18H18N2O4S3. The predicted molar refractivity (Wildman–Crippen MR) is 110 cm³/mol. The van der Waals surface area contributed by atoms with Gasteiger partial charge >= 0.3 is 0 Å². The number of sulfonamides is 1. The first kappa shape index (κ1) is 19.8. The van der Waals surface area contributed by atoms with Gasteiger partial charge in [0.05, 0.1) is 9.80 Å². The van der Waals surface area contributed by atoms with E-state index in [0.29, 0.717) is 38.8 Å². The van der Waals surface area contributed by atoms with Crippen LogP contribution in [0.25, 0.3) is 17.4 Å². The zero-order valence-electron chi connectivity index (χ0n) is 14.7. The largest absolute Gasteiger partial charge is 0.457 e. The molecule has 9 heteroatoms. The smallest absolute Gasteiger partial charge is 0.266 e. The van der Waals surface area contributed by atoms with Gasteiger partial charge in [-0.3, -0.25) is 9.69 Å². The van der Waals surface area contributed by atoms with Gasteiger partial charge in [-0.25, -0.2) is 13.6 Å². The Hall–Kier alpha value is -1.94. The number of carbonyl (C=O) groups is 1. The van der Waals surface area contributed by atoms with Crippen LogP contribution in [0.1, 0.15) is 19.6 Å². The molecule has 6 nitrogen and oxygen atoms in total. The highest BCUT2D eigenvalue weighted by Crippen LogP contribution is 2.34. The third-order valence-electron chi connectivity index (χ3n) is 3.79. The molecule has 142 valence electrons. The van der Waals surface area contributed by atoms with Crippen LogP contribution in [0.4, 0.5) is 0 Å². The minimum Gasteiger partial charge on any atom is -0.457 e. The number of nitrogens with two attached hydrogens (primary N) is 1. The second-order valence-corrected chi connectivity index (χ2v) is 9.69. The zero-order chi connectivity index (χ0) is 19.8. The van der Waals surface area contributed by atoms with Crippen LogP contribution < -0.4 is 5.14 Å². The maximum absolute atomic E-state index is 12.5. The van der Waals surface area contributed by atoms with E-state index in [4.69, 9.17) is 21.8 Å². The Morgan fingerprint density at radius 1 is 1.22 bits per heavy atom. The van der Waals surface area contributed by atoms with E-state index in [9.17, 15) is 13.2 Å². The summed E-state index contributed by atoms with van der Waals surface area (Å²) in [6, 6.07) is 9.58. The molecule has 0 radical (unpaired) electrons. The van der Waals surface area contributed by atoms with E-state index >= 15 is 0 Å². The lowest BCUT2D eigenvalue weighted by Crippen LogP contribution is -2.31. The van der Waals surface area contributed by atoms with Crippen molar-refractivity contribution in [2.45, 2.75) is 18.7 Å². The topological polar surface area (TPSA) is 93.6 Å². The van der Waals surface area contributed by atoms with Crippen molar-refractivity contribution in [2.24, 2.45) is 11.1 Å². The molecule has 0 bridgehead atoms. The summed E-state index contributed by atoms with van der Waals surface area (Å²) in [6.45, 7) is 4.65. The van der Waals surface area contributed by atoms with Crippen molar-refractivity contribution < 1.29 is 17.6 Å². The molecule has 1 aliphatic rings. The van der Waals surface area contributed by atoms with Crippen molar-refractivity contribution in [3.63, 3.8) is 0 Å². The van der Waals surface area contributed by atoms with E-state index in [0.717, 1.165) is 0 Å². The Morgan fingerprint density at radius 2 is 1.89 bits per heavy atom. The number of carbonyl (C=O) groups excluding carboxylic acids is 1.